The Morgan fingerprint density at radius 2 is 0.615 bits per heavy atom. The van der Waals surface area contributed by atoms with Gasteiger partial charge < -0.3 is 14.2 Å². The topological polar surface area (TPSA) is 133 Å². The predicted molar refractivity (Wildman–Crippen MR) is 252 cm³/mol. The molecule has 3 fully saturated rings. The standard InChI is InChI=1S/C51H72N3O10P/c1-34-22-16-19-25-40(34)59-43(55)52-46(4,5)28-37(29-47(52,6)7)62-65(58,63-38-30-48(8,9)53(49(10,11)31-38)44(56)60-41-26-20-17-23-35(41)2)64-39-32-50(12,13)54(51(14,15)33-39)45(57)61-42-27-21-18-24-36(42)3/h16-27,37-39H,28-33H2,1-15H3. The lowest BCUT2D eigenvalue weighted by molar-refractivity contribution is -0.0964. The van der Waals surface area contributed by atoms with Crippen molar-refractivity contribution in [3.8, 4) is 17.2 Å². The molecule has 0 aliphatic carbocycles. The Morgan fingerprint density at radius 1 is 0.415 bits per heavy atom. The third kappa shape index (κ3) is 11.1. The van der Waals surface area contributed by atoms with Crippen LogP contribution in [0.3, 0.4) is 0 Å². The normalized spacial score (nSPS) is 21.7. The van der Waals surface area contributed by atoms with Crippen LogP contribution in [0.15, 0.2) is 72.8 Å². The Morgan fingerprint density at radius 3 is 0.815 bits per heavy atom. The number of hydrogen-bond acceptors (Lipinski definition) is 10. The SMILES string of the molecule is Cc1ccccc1OC(=O)N1C(C)(C)CC(OP(=O)(OC2CC(C)(C)N(C(=O)Oc3ccccc3C)C(C)(C)C2)OC2CC(C)(C)N(C(=O)Oc3ccccc3C)C(C)(C)C2)CC1(C)C. The molecular formula is C51H72N3O10P. The number of carbonyl (C=O) groups is 3. The second kappa shape index (κ2) is 18.0. The molecule has 356 valence electrons. The van der Waals surface area contributed by atoms with Gasteiger partial charge in [-0.2, -0.15) is 0 Å². The third-order valence-corrected chi connectivity index (χ3v) is 14.9. The molecule has 13 nitrogen and oxygen atoms in total. The Kier molecular flexibility index (Phi) is 13.8. The van der Waals surface area contributed by atoms with Crippen LogP contribution in [0, 0.1) is 20.8 Å². The van der Waals surface area contributed by atoms with Crippen molar-refractivity contribution in [1.82, 2.24) is 14.7 Å². The zero-order valence-electron chi connectivity index (χ0n) is 41.3. The van der Waals surface area contributed by atoms with E-state index in [4.69, 9.17) is 27.8 Å². The summed E-state index contributed by atoms with van der Waals surface area (Å²) in [5, 5.41) is 0. The molecule has 0 N–H and O–H groups in total. The first-order chi connectivity index (χ1) is 30.0. The van der Waals surface area contributed by atoms with E-state index in [1.165, 1.54) is 0 Å². The molecule has 3 aromatic carbocycles. The van der Waals surface area contributed by atoms with Gasteiger partial charge in [-0.15, -0.1) is 0 Å². The van der Waals surface area contributed by atoms with E-state index < -0.39 is 77.6 Å². The maximum absolute atomic E-state index is 15.8. The largest absolute Gasteiger partial charge is 0.475 e. The van der Waals surface area contributed by atoms with Crippen LogP contribution in [-0.4, -0.2) is 84.5 Å². The Hall–Kier alpha value is -4.42. The molecule has 0 aromatic heterocycles. The van der Waals surface area contributed by atoms with Gasteiger partial charge in [-0.05, 0) is 177 Å². The van der Waals surface area contributed by atoms with Gasteiger partial charge in [0.15, 0.2) is 0 Å². The number of carbonyl (C=O) groups excluding carboxylic acids is 3. The molecule has 3 aliphatic rings. The van der Waals surface area contributed by atoms with Crippen molar-refractivity contribution in [3.63, 3.8) is 0 Å². The fourth-order valence-electron chi connectivity index (χ4n) is 11.3. The third-order valence-electron chi connectivity index (χ3n) is 13.3. The lowest BCUT2D eigenvalue weighted by Gasteiger charge is -2.55. The van der Waals surface area contributed by atoms with Gasteiger partial charge >= 0.3 is 26.1 Å². The number of rotatable bonds is 9. The van der Waals surface area contributed by atoms with Crippen molar-refractivity contribution in [2.75, 3.05) is 0 Å². The van der Waals surface area contributed by atoms with Crippen molar-refractivity contribution in [1.29, 1.82) is 0 Å². The van der Waals surface area contributed by atoms with Crippen molar-refractivity contribution in [2.45, 2.75) is 194 Å². The molecule has 0 atom stereocenters. The van der Waals surface area contributed by atoms with Gasteiger partial charge in [0.1, 0.15) is 17.2 Å². The quantitative estimate of drug-likeness (QED) is 0.191. The van der Waals surface area contributed by atoms with Crippen LogP contribution >= 0.6 is 7.82 Å². The summed E-state index contributed by atoms with van der Waals surface area (Å²) in [6.07, 6.45) is -1.64. The smallest absolute Gasteiger partial charge is 0.410 e. The Labute approximate surface area is 387 Å². The second-order valence-electron chi connectivity index (χ2n) is 22.1. The number of para-hydroxylation sites is 3. The molecule has 14 heteroatoms. The van der Waals surface area contributed by atoms with Crippen molar-refractivity contribution in [3.05, 3.63) is 89.5 Å². The van der Waals surface area contributed by atoms with Gasteiger partial charge in [0.05, 0.1) is 18.3 Å². The molecule has 3 amide bonds. The van der Waals surface area contributed by atoms with Crippen LogP contribution in [-0.2, 0) is 18.1 Å². The van der Waals surface area contributed by atoms with Crippen LogP contribution in [0.5, 0.6) is 17.2 Å². The molecule has 3 heterocycles. The molecule has 3 aromatic rings. The average molecular weight is 918 g/mol. The molecule has 0 spiro atoms. The first kappa shape index (κ1) is 50.0. The highest BCUT2D eigenvalue weighted by atomic mass is 31.2. The fourth-order valence-corrected chi connectivity index (χ4v) is 13.0. The lowest BCUT2D eigenvalue weighted by atomic mass is 9.78. The van der Waals surface area contributed by atoms with E-state index in [1.807, 2.05) is 158 Å². The summed E-state index contributed by atoms with van der Waals surface area (Å²) < 4.78 is 53.9. The number of nitrogens with zero attached hydrogens (tertiary/aromatic N) is 3. The van der Waals surface area contributed by atoms with Gasteiger partial charge in [-0.1, -0.05) is 54.6 Å². The number of aryl methyl sites for hydroxylation is 3. The van der Waals surface area contributed by atoms with Gasteiger partial charge in [0.2, 0.25) is 0 Å². The van der Waals surface area contributed by atoms with E-state index in [2.05, 4.69) is 0 Å². The monoisotopic (exact) mass is 917 g/mol. The summed E-state index contributed by atoms with van der Waals surface area (Å²) in [6, 6.07) is 22.2. The van der Waals surface area contributed by atoms with Crippen molar-refractivity contribution in [2.24, 2.45) is 0 Å². The number of piperidine rings is 3. The van der Waals surface area contributed by atoms with Crippen molar-refractivity contribution < 1.29 is 46.7 Å². The minimum Gasteiger partial charge on any atom is -0.410 e. The zero-order valence-corrected chi connectivity index (χ0v) is 42.2. The van der Waals surface area contributed by atoms with E-state index in [0.29, 0.717) is 55.8 Å². The number of hydrogen-bond donors (Lipinski definition) is 0. The number of ether oxygens (including phenoxy) is 3. The molecule has 0 bridgehead atoms. The highest BCUT2D eigenvalue weighted by molar-refractivity contribution is 7.48. The second-order valence-corrected chi connectivity index (χ2v) is 23.7. The molecule has 6 rings (SSSR count). The fraction of sp³-hybridized carbons (Fsp3) is 0.588. The minimum atomic E-state index is -4.48. The number of phosphoric acid groups is 1. The van der Waals surface area contributed by atoms with Crippen molar-refractivity contribution >= 4 is 26.1 Å². The van der Waals surface area contributed by atoms with Gasteiger partial charge in [-0.25, -0.2) is 18.9 Å². The molecular weight excluding hydrogens is 846 g/mol. The molecule has 0 saturated carbocycles. The lowest BCUT2D eigenvalue weighted by Crippen LogP contribution is -2.65. The summed E-state index contributed by atoms with van der Waals surface area (Å²) in [5.74, 6) is 1.44. The van der Waals surface area contributed by atoms with E-state index in [-0.39, 0.29) is 0 Å². The van der Waals surface area contributed by atoms with Crippen LogP contribution in [0.25, 0.3) is 0 Å². The highest BCUT2D eigenvalue weighted by Crippen LogP contribution is 2.60. The Balaban J connectivity index is 1.28. The zero-order chi connectivity index (χ0) is 48.1. The number of benzene rings is 3. The Bertz CT molecular complexity index is 2000. The summed E-state index contributed by atoms with van der Waals surface area (Å²) in [5.41, 5.74) is -2.34. The first-order valence-electron chi connectivity index (χ1n) is 22.8. The van der Waals surface area contributed by atoms with Crippen LogP contribution in [0.1, 0.15) is 138 Å². The van der Waals surface area contributed by atoms with Gasteiger partial charge in [0.25, 0.3) is 0 Å². The summed E-state index contributed by atoms with van der Waals surface area (Å²) in [6.45, 7) is 29.1. The van der Waals surface area contributed by atoms with Crippen LogP contribution < -0.4 is 14.2 Å². The molecule has 3 aliphatic heterocycles. The minimum absolute atomic E-state index is 0.302. The summed E-state index contributed by atoms with van der Waals surface area (Å²) in [7, 11) is -4.48. The van der Waals surface area contributed by atoms with E-state index in [1.54, 1.807) is 32.9 Å². The van der Waals surface area contributed by atoms with E-state index in [9.17, 15) is 14.4 Å². The van der Waals surface area contributed by atoms with Crippen LogP contribution in [0.4, 0.5) is 14.4 Å². The molecule has 0 unspecified atom stereocenters. The average Bonchev–Trinajstić information content (AvgIpc) is 3.11. The van der Waals surface area contributed by atoms with E-state index in [0.717, 1.165) is 16.7 Å². The number of amides is 3. The van der Waals surface area contributed by atoms with Crippen LogP contribution in [0.2, 0.25) is 0 Å². The maximum atomic E-state index is 15.8. The summed E-state index contributed by atoms with van der Waals surface area (Å²) >= 11 is 0. The van der Waals surface area contributed by atoms with E-state index >= 15 is 4.57 Å². The first-order valence-corrected chi connectivity index (χ1v) is 24.3. The maximum Gasteiger partial charge on any atom is 0.475 e. The summed E-state index contributed by atoms with van der Waals surface area (Å²) in [4.78, 5) is 47.2. The molecule has 0 radical (unpaired) electrons. The molecule has 65 heavy (non-hydrogen) atoms. The predicted octanol–water partition coefficient (Wildman–Crippen LogP) is 12.7. The van der Waals surface area contributed by atoms with Gasteiger partial charge in [0, 0.05) is 33.2 Å². The van der Waals surface area contributed by atoms with Gasteiger partial charge in [-0.3, -0.25) is 28.3 Å². The highest BCUT2D eigenvalue weighted by Gasteiger charge is 2.56. The number of likely N-dealkylation sites (tertiary alicyclic amines) is 3. The molecule has 3 saturated heterocycles. The number of phosphoric ester groups is 1.